The second-order valence-corrected chi connectivity index (χ2v) is 5.93. The monoisotopic (exact) mass is 355 g/mol. The van der Waals surface area contributed by atoms with Gasteiger partial charge in [-0.05, 0) is 30.5 Å². The van der Waals surface area contributed by atoms with Gasteiger partial charge in [0.1, 0.15) is 17.9 Å². The van der Waals surface area contributed by atoms with Gasteiger partial charge in [0.15, 0.2) is 6.61 Å². The molecule has 138 valence electrons. The average Bonchev–Trinajstić information content (AvgIpc) is 2.69. The Morgan fingerprint density at radius 2 is 1.62 bits per heavy atom. The van der Waals surface area contributed by atoms with Crippen molar-refractivity contribution in [1.82, 2.24) is 5.32 Å². The molecule has 2 rings (SSSR count). The van der Waals surface area contributed by atoms with Gasteiger partial charge < -0.3 is 14.8 Å². The fraction of sp³-hybridized carbons (Fsp3) is 0.333. The Morgan fingerprint density at radius 3 is 2.31 bits per heavy atom. The van der Waals surface area contributed by atoms with Crippen LogP contribution in [-0.2, 0) is 16.1 Å². The first-order valence-corrected chi connectivity index (χ1v) is 8.86. The van der Waals surface area contributed by atoms with Gasteiger partial charge in [-0.1, -0.05) is 56.3 Å². The minimum Gasteiger partial charge on any atom is -0.488 e. The molecule has 5 heteroatoms. The minimum atomic E-state index is -0.576. The van der Waals surface area contributed by atoms with E-state index in [0.29, 0.717) is 17.9 Å². The quantitative estimate of drug-likeness (QED) is 0.696. The summed E-state index contributed by atoms with van der Waals surface area (Å²) in [5, 5.41) is 2.84. The van der Waals surface area contributed by atoms with E-state index in [0.717, 1.165) is 18.4 Å². The lowest BCUT2D eigenvalue weighted by atomic mass is 10.2. The average molecular weight is 355 g/mol. The molecule has 5 nitrogen and oxygen atoms in total. The van der Waals surface area contributed by atoms with Gasteiger partial charge in [-0.25, -0.2) is 4.79 Å². The molecule has 0 unspecified atom stereocenters. The standard InChI is InChI=1S/C21H25NO4/c1-3-17(4-2)22-20(23)15-26-21(24)18-12-8-9-13-19(18)25-14-16-10-6-5-7-11-16/h5-13,17H,3-4,14-15H2,1-2H3,(H,22,23). The van der Waals surface area contributed by atoms with Crippen LogP contribution in [0.2, 0.25) is 0 Å². The van der Waals surface area contributed by atoms with Gasteiger partial charge in [-0.3, -0.25) is 4.79 Å². The number of amides is 1. The van der Waals surface area contributed by atoms with Crippen LogP contribution in [-0.4, -0.2) is 24.5 Å². The molecule has 0 atom stereocenters. The Morgan fingerprint density at radius 1 is 0.962 bits per heavy atom. The summed E-state index contributed by atoms with van der Waals surface area (Å²) in [4.78, 5) is 24.2. The van der Waals surface area contributed by atoms with Crippen LogP contribution in [0.3, 0.4) is 0 Å². The second-order valence-electron chi connectivity index (χ2n) is 5.93. The number of nitrogens with one attached hydrogen (secondary N) is 1. The number of benzene rings is 2. The van der Waals surface area contributed by atoms with Crippen molar-refractivity contribution in [1.29, 1.82) is 0 Å². The molecule has 0 saturated carbocycles. The number of carbonyl (C=O) groups excluding carboxylic acids is 2. The maximum Gasteiger partial charge on any atom is 0.342 e. The number of para-hydroxylation sites is 1. The molecule has 0 aliphatic carbocycles. The first kappa shape index (κ1) is 19.5. The molecule has 0 aliphatic rings. The zero-order chi connectivity index (χ0) is 18.8. The third-order valence-corrected chi connectivity index (χ3v) is 4.03. The molecular weight excluding hydrogens is 330 g/mol. The molecule has 2 aromatic carbocycles. The highest BCUT2D eigenvalue weighted by molar-refractivity contribution is 5.94. The molecule has 0 fully saturated rings. The summed E-state index contributed by atoms with van der Waals surface area (Å²) in [7, 11) is 0. The van der Waals surface area contributed by atoms with Gasteiger partial charge in [0.05, 0.1) is 0 Å². The Hall–Kier alpha value is -2.82. The van der Waals surface area contributed by atoms with Crippen molar-refractivity contribution >= 4 is 11.9 Å². The Kier molecular flexibility index (Phi) is 7.68. The normalized spacial score (nSPS) is 10.4. The maximum absolute atomic E-state index is 12.3. The second kappa shape index (κ2) is 10.2. The van der Waals surface area contributed by atoms with E-state index >= 15 is 0 Å². The van der Waals surface area contributed by atoms with Crippen LogP contribution in [0.4, 0.5) is 0 Å². The molecule has 2 aromatic rings. The predicted octanol–water partition coefficient (Wildman–Crippen LogP) is 3.73. The smallest absolute Gasteiger partial charge is 0.342 e. The Bertz CT molecular complexity index is 711. The molecule has 0 radical (unpaired) electrons. The fourth-order valence-corrected chi connectivity index (χ4v) is 2.47. The Balaban J connectivity index is 1.93. The van der Waals surface area contributed by atoms with E-state index in [1.54, 1.807) is 24.3 Å². The van der Waals surface area contributed by atoms with Crippen LogP contribution in [0.5, 0.6) is 5.75 Å². The van der Waals surface area contributed by atoms with Gasteiger partial charge in [0.2, 0.25) is 0 Å². The summed E-state index contributed by atoms with van der Waals surface area (Å²) in [6.07, 6.45) is 1.68. The van der Waals surface area contributed by atoms with E-state index in [1.165, 1.54) is 0 Å². The molecule has 1 amide bonds. The van der Waals surface area contributed by atoms with E-state index in [9.17, 15) is 9.59 Å². The first-order chi connectivity index (χ1) is 12.6. The minimum absolute atomic E-state index is 0.0997. The molecule has 1 N–H and O–H groups in total. The van der Waals surface area contributed by atoms with E-state index in [1.807, 2.05) is 44.2 Å². The Labute approximate surface area is 154 Å². The van der Waals surface area contributed by atoms with Crippen LogP contribution in [0.25, 0.3) is 0 Å². The van der Waals surface area contributed by atoms with Crippen molar-refractivity contribution < 1.29 is 19.1 Å². The lowest BCUT2D eigenvalue weighted by Gasteiger charge is -2.15. The molecule has 0 heterocycles. The number of carbonyl (C=O) groups is 2. The number of esters is 1. The van der Waals surface area contributed by atoms with Crippen LogP contribution in [0.15, 0.2) is 54.6 Å². The van der Waals surface area contributed by atoms with E-state index in [2.05, 4.69) is 5.32 Å². The number of hydrogen-bond acceptors (Lipinski definition) is 4. The largest absolute Gasteiger partial charge is 0.488 e. The van der Waals surface area contributed by atoms with Crippen molar-refractivity contribution in [2.24, 2.45) is 0 Å². The van der Waals surface area contributed by atoms with Gasteiger partial charge in [0.25, 0.3) is 5.91 Å². The topological polar surface area (TPSA) is 64.6 Å². The predicted molar refractivity (Wildman–Crippen MR) is 100 cm³/mol. The number of hydrogen-bond donors (Lipinski definition) is 1. The summed E-state index contributed by atoms with van der Waals surface area (Å²) in [6, 6.07) is 16.6. The fourth-order valence-electron chi connectivity index (χ4n) is 2.47. The van der Waals surface area contributed by atoms with Crippen LogP contribution >= 0.6 is 0 Å². The molecule has 0 aromatic heterocycles. The van der Waals surface area contributed by atoms with E-state index in [4.69, 9.17) is 9.47 Å². The number of ether oxygens (including phenoxy) is 2. The molecule has 0 aliphatic heterocycles. The van der Waals surface area contributed by atoms with Crippen molar-refractivity contribution in [3.63, 3.8) is 0 Å². The summed E-state index contributed by atoms with van der Waals surface area (Å²) in [6.45, 7) is 4.05. The maximum atomic E-state index is 12.3. The van der Waals surface area contributed by atoms with Gasteiger partial charge in [-0.15, -0.1) is 0 Å². The lowest BCUT2D eigenvalue weighted by Crippen LogP contribution is -2.36. The van der Waals surface area contributed by atoms with Crippen LogP contribution in [0.1, 0.15) is 42.6 Å². The van der Waals surface area contributed by atoms with E-state index in [-0.39, 0.29) is 18.6 Å². The lowest BCUT2D eigenvalue weighted by molar-refractivity contribution is -0.125. The van der Waals surface area contributed by atoms with Gasteiger partial charge in [-0.2, -0.15) is 0 Å². The molecular formula is C21H25NO4. The van der Waals surface area contributed by atoms with Crippen LogP contribution < -0.4 is 10.1 Å². The van der Waals surface area contributed by atoms with E-state index < -0.39 is 5.97 Å². The van der Waals surface area contributed by atoms with Crippen molar-refractivity contribution in [3.8, 4) is 5.75 Å². The highest BCUT2D eigenvalue weighted by Crippen LogP contribution is 2.20. The third kappa shape index (κ3) is 5.92. The summed E-state index contributed by atoms with van der Waals surface area (Å²) in [5.74, 6) is -0.440. The molecule has 0 bridgehead atoms. The van der Waals surface area contributed by atoms with Gasteiger partial charge in [0, 0.05) is 6.04 Å². The molecule has 26 heavy (non-hydrogen) atoms. The van der Waals surface area contributed by atoms with Crippen molar-refractivity contribution in [2.45, 2.75) is 39.3 Å². The van der Waals surface area contributed by atoms with Crippen molar-refractivity contribution in [2.75, 3.05) is 6.61 Å². The molecule has 0 spiro atoms. The zero-order valence-corrected chi connectivity index (χ0v) is 15.2. The first-order valence-electron chi connectivity index (χ1n) is 8.86. The number of rotatable bonds is 9. The summed E-state index contributed by atoms with van der Waals surface area (Å²) in [5.41, 5.74) is 1.30. The zero-order valence-electron chi connectivity index (χ0n) is 15.2. The summed E-state index contributed by atoms with van der Waals surface area (Å²) < 4.78 is 10.9. The highest BCUT2D eigenvalue weighted by Gasteiger charge is 2.16. The van der Waals surface area contributed by atoms with Crippen LogP contribution in [0, 0.1) is 0 Å². The SMILES string of the molecule is CCC(CC)NC(=O)COC(=O)c1ccccc1OCc1ccccc1. The summed E-state index contributed by atoms with van der Waals surface area (Å²) >= 11 is 0. The molecule has 0 saturated heterocycles. The third-order valence-electron chi connectivity index (χ3n) is 4.03. The van der Waals surface area contributed by atoms with Gasteiger partial charge >= 0.3 is 5.97 Å². The van der Waals surface area contributed by atoms with Crippen molar-refractivity contribution in [3.05, 3.63) is 65.7 Å². The highest BCUT2D eigenvalue weighted by atomic mass is 16.5.